The van der Waals surface area contributed by atoms with Crippen molar-refractivity contribution in [3.63, 3.8) is 0 Å². The van der Waals surface area contributed by atoms with Crippen molar-refractivity contribution >= 4 is 5.69 Å². The van der Waals surface area contributed by atoms with Crippen molar-refractivity contribution in [3.8, 4) is 5.75 Å². The van der Waals surface area contributed by atoms with Gasteiger partial charge in [-0.25, -0.2) is 0 Å². The quantitative estimate of drug-likeness (QED) is 0.350. The lowest BCUT2D eigenvalue weighted by atomic mass is 10.3. The molecule has 0 amide bonds. The van der Waals surface area contributed by atoms with E-state index >= 15 is 0 Å². The van der Waals surface area contributed by atoms with Gasteiger partial charge in [0.15, 0.2) is 0 Å². The molecular weight excluding hydrogens is 132 g/mol. The summed E-state index contributed by atoms with van der Waals surface area (Å²) < 4.78 is 0. The average molecular weight is 138 g/mol. The van der Waals surface area contributed by atoms with Crippen molar-refractivity contribution in [2.75, 3.05) is 0 Å². The standard InChI is InChI=1S/C6H6N2O2/c7-8(10)5-2-1-3-6(9)4-5/h1-4,9-10H. The van der Waals surface area contributed by atoms with E-state index in [1.165, 1.54) is 24.3 Å². The lowest BCUT2D eigenvalue weighted by molar-refractivity contribution is -0.730. The van der Waals surface area contributed by atoms with Gasteiger partial charge in [0.1, 0.15) is 5.75 Å². The number of hydrogen-bond acceptors (Lipinski definition) is 1. The van der Waals surface area contributed by atoms with E-state index in [0.717, 1.165) is 0 Å². The molecule has 0 bridgehead atoms. The SMILES string of the molecule is [N-]=[N+](O)c1cccc(O)c1. The third kappa shape index (κ3) is 1.22. The third-order valence-electron chi connectivity index (χ3n) is 1.06. The van der Waals surface area contributed by atoms with Crippen LogP contribution < -0.4 is 0 Å². The Morgan fingerprint density at radius 3 is 2.50 bits per heavy atom. The maximum absolute atomic E-state index is 8.81. The van der Waals surface area contributed by atoms with Crippen LogP contribution in [0, 0.1) is 0 Å². The lowest BCUT2D eigenvalue weighted by Gasteiger charge is -1.94. The summed E-state index contributed by atoms with van der Waals surface area (Å²) in [6.07, 6.45) is 0. The van der Waals surface area contributed by atoms with E-state index in [1.807, 2.05) is 0 Å². The molecule has 1 aromatic carbocycles. The Hall–Kier alpha value is -1.58. The van der Waals surface area contributed by atoms with Gasteiger partial charge in [-0.2, -0.15) is 0 Å². The van der Waals surface area contributed by atoms with E-state index in [9.17, 15) is 0 Å². The van der Waals surface area contributed by atoms with Gasteiger partial charge in [0.25, 0.3) is 0 Å². The summed E-state index contributed by atoms with van der Waals surface area (Å²) in [5, 5.41) is 17.2. The first kappa shape index (κ1) is 6.54. The zero-order chi connectivity index (χ0) is 7.56. The molecule has 1 rings (SSSR count). The largest absolute Gasteiger partial charge is 0.508 e. The van der Waals surface area contributed by atoms with E-state index in [0.29, 0.717) is 0 Å². The topological polar surface area (TPSA) is 65.8 Å². The van der Waals surface area contributed by atoms with E-state index in [2.05, 4.69) is 0 Å². The zero-order valence-corrected chi connectivity index (χ0v) is 5.10. The number of hydrogen-bond donors (Lipinski definition) is 2. The van der Waals surface area contributed by atoms with E-state index < -0.39 is 0 Å². The monoisotopic (exact) mass is 138 g/mol. The highest BCUT2D eigenvalue weighted by Gasteiger charge is 1.99. The molecule has 0 aliphatic rings. The summed E-state index contributed by atoms with van der Waals surface area (Å²) in [4.78, 5) is -0.0558. The molecule has 0 fully saturated rings. The predicted molar refractivity (Wildman–Crippen MR) is 33.2 cm³/mol. The first-order valence-electron chi connectivity index (χ1n) is 2.67. The van der Waals surface area contributed by atoms with Crippen LogP contribution in [0.1, 0.15) is 0 Å². The smallest absolute Gasteiger partial charge is 0.247 e. The molecule has 0 aromatic heterocycles. The number of nitrogens with zero attached hydrogens (tertiary/aromatic N) is 2. The fraction of sp³-hybridized carbons (Fsp3) is 0. The molecule has 0 saturated heterocycles. The van der Waals surface area contributed by atoms with Gasteiger partial charge in [0.05, 0.1) is 6.07 Å². The highest BCUT2D eigenvalue weighted by Crippen LogP contribution is 2.16. The van der Waals surface area contributed by atoms with Crippen LogP contribution >= 0.6 is 0 Å². The molecule has 52 valence electrons. The van der Waals surface area contributed by atoms with Gasteiger partial charge in [-0.3, -0.25) is 5.21 Å². The molecule has 0 unspecified atom stereocenters. The molecule has 0 radical (unpaired) electrons. The van der Waals surface area contributed by atoms with Crippen LogP contribution in [0.5, 0.6) is 5.75 Å². The van der Waals surface area contributed by atoms with E-state index in [1.54, 1.807) is 0 Å². The van der Waals surface area contributed by atoms with Crippen LogP contribution in [0.25, 0.3) is 5.53 Å². The Bertz CT molecular complexity index is 260. The second-order valence-corrected chi connectivity index (χ2v) is 1.81. The van der Waals surface area contributed by atoms with Crippen LogP contribution in [0.15, 0.2) is 24.3 Å². The molecule has 10 heavy (non-hydrogen) atoms. The van der Waals surface area contributed by atoms with Gasteiger partial charge >= 0.3 is 0 Å². The van der Waals surface area contributed by atoms with Crippen LogP contribution in [0.3, 0.4) is 0 Å². The van der Waals surface area contributed by atoms with Crippen LogP contribution in [-0.2, 0) is 0 Å². The minimum atomic E-state index is -0.0558. The number of benzene rings is 1. The lowest BCUT2D eigenvalue weighted by Crippen LogP contribution is -1.88. The van der Waals surface area contributed by atoms with Crippen molar-refractivity contribution in [2.45, 2.75) is 0 Å². The van der Waals surface area contributed by atoms with Gasteiger partial charge in [0, 0.05) is 6.07 Å². The van der Waals surface area contributed by atoms with Gasteiger partial charge in [-0.1, -0.05) is 10.9 Å². The second-order valence-electron chi connectivity index (χ2n) is 1.81. The predicted octanol–water partition coefficient (Wildman–Crippen LogP) is 1.45. The van der Waals surface area contributed by atoms with Gasteiger partial charge in [0.2, 0.25) is 5.69 Å². The maximum atomic E-state index is 8.81. The van der Waals surface area contributed by atoms with Crippen molar-refractivity contribution in [1.29, 1.82) is 0 Å². The zero-order valence-electron chi connectivity index (χ0n) is 5.10. The van der Waals surface area contributed by atoms with Crippen LogP contribution in [-0.4, -0.2) is 15.2 Å². The first-order chi connectivity index (χ1) is 4.70. The fourth-order valence-corrected chi connectivity index (χ4v) is 0.617. The third-order valence-corrected chi connectivity index (χ3v) is 1.06. The molecule has 0 atom stereocenters. The number of rotatable bonds is 1. The fourth-order valence-electron chi connectivity index (χ4n) is 0.617. The Morgan fingerprint density at radius 2 is 2.10 bits per heavy atom. The van der Waals surface area contributed by atoms with Crippen molar-refractivity contribution in [2.24, 2.45) is 0 Å². The molecule has 2 N–H and O–H groups in total. The van der Waals surface area contributed by atoms with Gasteiger partial charge < -0.3 is 10.6 Å². The average Bonchev–Trinajstić information content (AvgIpc) is 1.88. The number of aromatic hydroxyl groups is 1. The van der Waals surface area contributed by atoms with Crippen LogP contribution in [0.4, 0.5) is 5.69 Å². The van der Waals surface area contributed by atoms with Crippen molar-refractivity contribution in [3.05, 3.63) is 29.8 Å². The molecule has 0 spiro atoms. The molecule has 0 saturated carbocycles. The Labute approximate surface area is 57.4 Å². The maximum Gasteiger partial charge on any atom is 0.247 e. The number of phenols is 1. The van der Waals surface area contributed by atoms with Crippen molar-refractivity contribution in [1.82, 2.24) is 0 Å². The van der Waals surface area contributed by atoms with Crippen LogP contribution in [0.2, 0.25) is 0 Å². The Kier molecular flexibility index (Phi) is 1.53. The summed E-state index contributed by atoms with van der Waals surface area (Å²) in [5.41, 5.74) is 8.55. The highest BCUT2D eigenvalue weighted by atomic mass is 16.5. The molecular formula is C6H6N2O2. The summed E-state index contributed by atoms with van der Waals surface area (Å²) in [6.45, 7) is 0. The van der Waals surface area contributed by atoms with Gasteiger partial charge in [-0.05, 0) is 6.07 Å². The Balaban J connectivity index is 3.07. The molecule has 4 nitrogen and oxygen atoms in total. The molecule has 0 aliphatic carbocycles. The van der Waals surface area contributed by atoms with Crippen molar-refractivity contribution < 1.29 is 15.2 Å². The number of phenolic OH excluding ortho intramolecular Hbond substituents is 1. The normalized spacial score (nSPS) is 9.20. The summed E-state index contributed by atoms with van der Waals surface area (Å²) in [6, 6.07) is 5.61. The van der Waals surface area contributed by atoms with E-state index in [4.69, 9.17) is 15.8 Å². The molecule has 0 heterocycles. The van der Waals surface area contributed by atoms with E-state index in [-0.39, 0.29) is 16.3 Å². The summed E-state index contributed by atoms with van der Waals surface area (Å²) in [5.74, 6) is -0.00870. The highest BCUT2D eigenvalue weighted by molar-refractivity contribution is 5.36. The minimum Gasteiger partial charge on any atom is -0.508 e. The Morgan fingerprint density at radius 1 is 1.40 bits per heavy atom. The molecule has 1 aromatic rings. The van der Waals surface area contributed by atoms with Gasteiger partial charge in [-0.15, -0.1) is 0 Å². The molecule has 0 aliphatic heterocycles. The summed E-state index contributed by atoms with van der Waals surface area (Å²) in [7, 11) is 0. The minimum absolute atomic E-state index is 0.00870. The first-order valence-corrected chi connectivity index (χ1v) is 2.67. The second kappa shape index (κ2) is 2.34. The molecule has 4 heteroatoms. The summed E-state index contributed by atoms with van der Waals surface area (Å²) >= 11 is 0.